The van der Waals surface area contributed by atoms with Gasteiger partial charge in [-0.1, -0.05) is 13.0 Å². The number of furan rings is 1. The molecule has 0 aliphatic carbocycles. The number of imidazole rings is 1. The number of hydrogen-bond acceptors (Lipinski definition) is 5. The number of fused-ring (bicyclic) bond motifs is 2. The van der Waals surface area contributed by atoms with E-state index in [2.05, 4.69) is 15.3 Å². The highest BCUT2D eigenvalue weighted by Gasteiger charge is 2.15. The third-order valence-corrected chi connectivity index (χ3v) is 5.26. The fourth-order valence-corrected chi connectivity index (χ4v) is 3.64. The van der Waals surface area contributed by atoms with Crippen molar-refractivity contribution in [3.63, 3.8) is 0 Å². The lowest BCUT2D eigenvalue weighted by molar-refractivity contribution is 0.0954. The molecule has 5 aromatic rings. The first-order chi connectivity index (χ1) is 15.6. The normalized spacial score (nSPS) is 11.2. The van der Waals surface area contributed by atoms with Crippen molar-refractivity contribution < 1.29 is 13.9 Å². The van der Waals surface area contributed by atoms with Crippen molar-refractivity contribution in [2.45, 2.75) is 13.3 Å². The van der Waals surface area contributed by atoms with Crippen molar-refractivity contribution in [2.24, 2.45) is 7.05 Å². The van der Waals surface area contributed by atoms with Crippen molar-refractivity contribution in [3.05, 3.63) is 73.0 Å². The fraction of sp³-hybridized carbons (Fsp3) is 0.160. The summed E-state index contributed by atoms with van der Waals surface area (Å²) in [5.41, 5.74) is 3.83. The SMILES string of the molecule is CCCNC(=O)c1coc2cc(Oc3ccnc4cc(-c5cn(C)cn5)ccc34)ccc12. The van der Waals surface area contributed by atoms with Crippen LogP contribution in [0.4, 0.5) is 0 Å². The van der Waals surface area contributed by atoms with E-state index in [4.69, 9.17) is 9.15 Å². The van der Waals surface area contributed by atoms with Crippen molar-refractivity contribution in [1.82, 2.24) is 19.9 Å². The third kappa shape index (κ3) is 3.69. The molecule has 2 aromatic carbocycles. The van der Waals surface area contributed by atoms with E-state index in [9.17, 15) is 4.79 Å². The lowest BCUT2D eigenvalue weighted by Crippen LogP contribution is -2.23. The van der Waals surface area contributed by atoms with E-state index in [-0.39, 0.29) is 5.91 Å². The Kier molecular flexibility index (Phi) is 5.07. The Morgan fingerprint density at radius 3 is 2.81 bits per heavy atom. The molecule has 0 aliphatic heterocycles. The van der Waals surface area contributed by atoms with Crippen LogP contribution in [0.3, 0.4) is 0 Å². The first-order valence-corrected chi connectivity index (χ1v) is 10.5. The van der Waals surface area contributed by atoms with Gasteiger partial charge in [0.1, 0.15) is 23.3 Å². The highest BCUT2D eigenvalue weighted by molar-refractivity contribution is 6.06. The van der Waals surface area contributed by atoms with E-state index < -0.39 is 0 Å². The summed E-state index contributed by atoms with van der Waals surface area (Å²) in [6.45, 7) is 2.64. The zero-order valence-corrected chi connectivity index (χ0v) is 17.8. The van der Waals surface area contributed by atoms with E-state index in [1.807, 2.05) is 61.1 Å². The first-order valence-electron chi connectivity index (χ1n) is 10.5. The number of rotatable bonds is 6. The first kappa shape index (κ1) is 19.8. The van der Waals surface area contributed by atoms with Gasteiger partial charge in [0, 0.05) is 48.4 Å². The zero-order chi connectivity index (χ0) is 22.1. The van der Waals surface area contributed by atoms with Crippen LogP contribution in [-0.4, -0.2) is 27.0 Å². The predicted octanol–water partition coefficient (Wildman–Crippen LogP) is 5.31. The average Bonchev–Trinajstić information content (AvgIpc) is 3.43. The minimum absolute atomic E-state index is 0.136. The summed E-state index contributed by atoms with van der Waals surface area (Å²) in [6, 6.07) is 13.3. The van der Waals surface area contributed by atoms with Crippen LogP contribution in [0, 0.1) is 0 Å². The predicted molar refractivity (Wildman–Crippen MR) is 123 cm³/mol. The lowest BCUT2D eigenvalue weighted by Gasteiger charge is -2.09. The molecule has 3 heterocycles. The van der Waals surface area contributed by atoms with Crippen LogP contribution in [0.5, 0.6) is 11.5 Å². The number of ether oxygens (including phenoxy) is 1. The highest BCUT2D eigenvalue weighted by atomic mass is 16.5. The number of benzene rings is 2. The second-order valence-corrected chi connectivity index (χ2v) is 7.63. The molecule has 0 unspecified atom stereocenters. The number of nitrogens with one attached hydrogen (secondary N) is 1. The summed E-state index contributed by atoms with van der Waals surface area (Å²) < 4.78 is 13.7. The number of amides is 1. The Labute approximate surface area is 184 Å². The van der Waals surface area contributed by atoms with Crippen molar-refractivity contribution >= 4 is 27.8 Å². The summed E-state index contributed by atoms with van der Waals surface area (Å²) in [5.74, 6) is 1.17. The Bertz CT molecular complexity index is 1430. The summed E-state index contributed by atoms with van der Waals surface area (Å²) in [6.07, 6.45) is 7.83. The number of carbonyl (C=O) groups excluding carboxylic acids is 1. The van der Waals surface area contributed by atoms with Crippen LogP contribution in [-0.2, 0) is 7.05 Å². The molecule has 0 spiro atoms. The highest BCUT2D eigenvalue weighted by Crippen LogP contribution is 2.33. The Balaban J connectivity index is 1.44. The minimum atomic E-state index is -0.136. The molecule has 160 valence electrons. The van der Waals surface area contributed by atoms with Gasteiger partial charge in [-0.05, 0) is 36.8 Å². The molecular weight excluding hydrogens is 404 g/mol. The van der Waals surface area contributed by atoms with Crippen LogP contribution in [0.2, 0.25) is 0 Å². The van der Waals surface area contributed by atoms with E-state index in [1.54, 1.807) is 18.6 Å². The molecule has 1 N–H and O–H groups in total. The van der Waals surface area contributed by atoms with Gasteiger partial charge in [0.25, 0.3) is 5.91 Å². The molecule has 5 rings (SSSR count). The van der Waals surface area contributed by atoms with Crippen LogP contribution in [0.15, 0.2) is 71.9 Å². The Hall–Kier alpha value is -4.13. The summed E-state index contributed by atoms with van der Waals surface area (Å²) in [7, 11) is 1.94. The van der Waals surface area contributed by atoms with Crippen LogP contribution in [0.1, 0.15) is 23.7 Å². The second-order valence-electron chi connectivity index (χ2n) is 7.63. The van der Waals surface area contributed by atoms with Crippen molar-refractivity contribution in [1.29, 1.82) is 0 Å². The minimum Gasteiger partial charge on any atom is -0.463 e. The smallest absolute Gasteiger partial charge is 0.255 e. The van der Waals surface area contributed by atoms with E-state index >= 15 is 0 Å². The van der Waals surface area contributed by atoms with Gasteiger partial charge in [0.15, 0.2) is 0 Å². The molecule has 0 bridgehead atoms. The van der Waals surface area contributed by atoms with Crippen molar-refractivity contribution in [3.8, 4) is 22.8 Å². The summed E-state index contributed by atoms with van der Waals surface area (Å²) in [5, 5.41) is 4.53. The van der Waals surface area contributed by atoms with E-state index in [0.717, 1.165) is 34.0 Å². The van der Waals surface area contributed by atoms with Gasteiger partial charge >= 0.3 is 0 Å². The number of pyridine rings is 1. The summed E-state index contributed by atoms with van der Waals surface area (Å²) in [4.78, 5) is 21.2. The number of carbonyl (C=O) groups is 1. The molecular formula is C25H22N4O3. The van der Waals surface area contributed by atoms with Gasteiger partial charge in [0.05, 0.1) is 23.1 Å². The largest absolute Gasteiger partial charge is 0.463 e. The van der Waals surface area contributed by atoms with Crippen LogP contribution >= 0.6 is 0 Å². The molecule has 1 amide bonds. The maximum atomic E-state index is 12.3. The third-order valence-electron chi connectivity index (χ3n) is 5.26. The number of nitrogens with zero attached hydrogens (tertiary/aromatic N) is 3. The van der Waals surface area contributed by atoms with Crippen LogP contribution in [0.25, 0.3) is 33.1 Å². The number of aryl methyl sites for hydroxylation is 1. The molecule has 0 atom stereocenters. The maximum Gasteiger partial charge on any atom is 0.255 e. The summed E-state index contributed by atoms with van der Waals surface area (Å²) >= 11 is 0. The molecule has 0 saturated heterocycles. The van der Waals surface area contributed by atoms with Gasteiger partial charge in [-0.15, -0.1) is 0 Å². The maximum absolute atomic E-state index is 12.3. The topological polar surface area (TPSA) is 82.2 Å². The number of hydrogen-bond donors (Lipinski definition) is 1. The van der Waals surface area contributed by atoms with Gasteiger partial charge in [-0.25, -0.2) is 4.98 Å². The molecule has 32 heavy (non-hydrogen) atoms. The van der Waals surface area contributed by atoms with E-state index in [0.29, 0.717) is 29.2 Å². The fourth-order valence-electron chi connectivity index (χ4n) is 3.64. The molecule has 0 aliphatic rings. The zero-order valence-electron chi connectivity index (χ0n) is 17.8. The molecule has 0 saturated carbocycles. The van der Waals surface area contributed by atoms with Gasteiger partial charge < -0.3 is 19.0 Å². The molecule has 0 fully saturated rings. The molecule has 3 aromatic heterocycles. The number of aromatic nitrogens is 3. The monoisotopic (exact) mass is 426 g/mol. The molecule has 0 radical (unpaired) electrons. The molecule has 7 heteroatoms. The van der Waals surface area contributed by atoms with Gasteiger partial charge in [-0.2, -0.15) is 0 Å². The average molecular weight is 426 g/mol. The quantitative estimate of drug-likeness (QED) is 0.398. The Morgan fingerprint density at radius 2 is 2.00 bits per heavy atom. The van der Waals surface area contributed by atoms with Gasteiger partial charge in [0.2, 0.25) is 0 Å². The van der Waals surface area contributed by atoms with Crippen molar-refractivity contribution in [2.75, 3.05) is 6.54 Å². The lowest BCUT2D eigenvalue weighted by atomic mass is 10.1. The molecule has 7 nitrogen and oxygen atoms in total. The van der Waals surface area contributed by atoms with E-state index in [1.165, 1.54) is 6.26 Å². The van der Waals surface area contributed by atoms with Gasteiger partial charge in [-0.3, -0.25) is 9.78 Å². The second kappa shape index (κ2) is 8.19. The Morgan fingerprint density at radius 1 is 1.12 bits per heavy atom. The van der Waals surface area contributed by atoms with Crippen LogP contribution < -0.4 is 10.1 Å². The standard InChI is InChI=1S/C25H22N4O3/c1-3-9-27-25(30)20-14-31-24-12-17(5-7-18(20)24)32-23-8-10-26-21-11-16(4-6-19(21)23)22-13-29(2)15-28-22/h4-8,10-15H,3,9H2,1-2H3,(H,27,30).